The number of rotatable bonds is 5. The van der Waals surface area contributed by atoms with Gasteiger partial charge in [-0.3, -0.25) is 9.59 Å². The molecule has 0 aliphatic heterocycles. The Bertz CT molecular complexity index is 994. The molecule has 0 saturated carbocycles. The molecule has 0 spiro atoms. The van der Waals surface area contributed by atoms with Crippen LogP contribution in [0.3, 0.4) is 0 Å². The van der Waals surface area contributed by atoms with Gasteiger partial charge in [-0.2, -0.15) is 5.10 Å². The molecule has 2 amide bonds. The number of methoxy groups -OCH3 is 1. The van der Waals surface area contributed by atoms with Crippen LogP contribution in [0.5, 0.6) is 5.75 Å². The zero-order chi connectivity index (χ0) is 19.4. The first-order chi connectivity index (χ1) is 13.0. The second kappa shape index (κ2) is 7.74. The van der Waals surface area contributed by atoms with Crippen LogP contribution in [0.15, 0.2) is 54.6 Å². The quantitative estimate of drug-likeness (QED) is 0.727. The molecule has 0 bridgehead atoms. The predicted molar refractivity (Wildman–Crippen MR) is 104 cm³/mol. The van der Waals surface area contributed by atoms with Crippen molar-refractivity contribution in [2.45, 2.75) is 13.8 Å². The zero-order valence-corrected chi connectivity index (χ0v) is 15.3. The Morgan fingerprint density at radius 2 is 1.70 bits per heavy atom. The molecule has 3 rings (SSSR count). The third kappa shape index (κ3) is 4.33. The summed E-state index contributed by atoms with van der Waals surface area (Å²) >= 11 is 0. The molecule has 0 fully saturated rings. The number of aryl methyl sites for hydroxylation is 1. The number of amides is 2. The van der Waals surface area contributed by atoms with Crippen LogP contribution >= 0.6 is 0 Å². The van der Waals surface area contributed by atoms with Gasteiger partial charge in [-0.25, -0.2) is 4.68 Å². The van der Waals surface area contributed by atoms with Crippen molar-refractivity contribution < 1.29 is 14.3 Å². The topological polar surface area (TPSA) is 85.2 Å². The molecule has 0 radical (unpaired) electrons. The number of hydrogen-bond acceptors (Lipinski definition) is 4. The maximum atomic E-state index is 12.6. The fraction of sp³-hybridized carbons (Fsp3) is 0.150. The first-order valence-corrected chi connectivity index (χ1v) is 8.36. The number of carbonyl (C=O) groups is 2. The first kappa shape index (κ1) is 18.2. The zero-order valence-electron chi connectivity index (χ0n) is 15.3. The molecule has 1 aromatic heterocycles. The molecular weight excluding hydrogens is 344 g/mol. The Hall–Kier alpha value is -3.61. The summed E-state index contributed by atoms with van der Waals surface area (Å²) in [6.45, 7) is 3.31. The average Bonchev–Trinajstić information content (AvgIpc) is 3.03. The monoisotopic (exact) mass is 364 g/mol. The number of hydrogen-bond donors (Lipinski definition) is 2. The van der Waals surface area contributed by atoms with Gasteiger partial charge in [-0.15, -0.1) is 0 Å². The van der Waals surface area contributed by atoms with Gasteiger partial charge in [0.2, 0.25) is 5.91 Å². The van der Waals surface area contributed by atoms with Crippen molar-refractivity contribution >= 4 is 23.2 Å². The normalized spacial score (nSPS) is 10.3. The molecule has 27 heavy (non-hydrogen) atoms. The predicted octanol–water partition coefficient (Wildman–Crippen LogP) is 3.40. The van der Waals surface area contributed by atoms with Crippen LogP contribution in [0.25, 0.3) is 5.69 Å². The summed E-state index contributed by atoms with van der Waals surface area (Å²) in [5.74, 6) is 0.203. The Labute approximate surface area is 157 Å². The van der Waals surface area contributed by atoms with Crippen molar-refractivity contribution in [1.29, 1.82) is 0 Å². The summed E-state index contributed by atoms with van der Waals surface area (Å²) in [7, 11) is 1.60. The number of anilines is 2. The molecular formula is C20H20N4O3. The van der Waals surface area contributed by atoms with Gasteiger partial charge in [-0.1, -0.05) is 12.1 Å². The van der Waals surface area contributed by atoms with Gasteiger partial charge in [0.1, 0.15) is 5.75 Å². The Balaban J connectivity index is 1.81. The van der Waals surface area contributed by atoms with Gasteiger partial charge in [0.25, 0.3) is 5.91 Å². The first-order valence-electron chi connectivity index (χ1n) is 8.36. The van der Waals surface area contributed by atoms with Crippen LogP contribution in [0.1, 0.15) is 23.1 Å². The van der Waals surface area contributed by atoms with Crippen molar-refractivity contribution in [2.75, 3.05) is 17.7 Å². The molecule has 3 aromatic rings. The van der Waals surface area contributed by atoms with Gasteiger partial charge in [0.05, 0.1) is 12.8 Å². The number of benzene rings is 2. The fourth-order valence-corrected chi connectivity index (χ4v) is 2.66. The highest BCUT2D eigenvalue weighted by molar-refractivity contribution is 6.03. The van der Waals surface area contributed by atoms with Crippen molar-refractivity contribution in [3.8, 4) is 11.4 Å². The lowest BCUT2D eigenvalue weighted by Crippen LogP contribution is -2.13. The molecule has 0 aliphatic rings. The summed E-state index contributed by atoms with van der Waals surface area (Å²) in [4.78, 5) is 23.7. The average molecular weight is 364 g/mol. The summed E-state index contributed by atoms with van der Waals surface area (Å²) in [6, 6.07) is 16.1. The molecule has 7 nitrogen and oxygen atoms in total. The highest BCUT2D eigenvalue weighted by Crippen LogP contribution is 2.19. The maximum Gasteiger partial charge on any atom is 0.276 e. The van der Waals surface area contributed by atoms with Crippen LogP contribution in [0, 0.1) is 6.92 Å². The summed E-state index contributed by atoms with van der Waals surface area (Å²) in [5.41, 5.74) is 3.09. The van der Waals surface area contributed by atoms with Crippen molar-refractivity contribution in [1.82, 2.24) is 9.78 Å². The molecule has 7 heteroatoms. The number of carbonyl (C=O) groups excluding carboxylic acids is 2. The molecule has 138 valence electrons. The van der Waals surface area contributed by atoms with E-state index in [1.807, 2.05) is 31.2 Å². The van der Waals surface area contributed by atoms with Crippen molar-refractivity contribution in [2.24, 2.45) is 0 Å². The molecule has 1 heterocycles. The molecule has 0 aliphatic carbocycles. The lowest BCUT2D eigenvalue weighted by atomic mass is 10.2. The number of nitrogens with zero attached hydrogens (tertiary/aromatic N) is 2. The lowest BCUT2D eigenvalue weighted by molar-refractivity contribution is -0.114. The molecule has 2 aromatic carbocycles. The van der Waals surface area contributed by atoms with Crippen molar-refractivity contribution in [3.63, 3.8) is 0 Å². The van der Waals surface area contributed by atoms with E-state index < -0.39 is 0 Å². The van der Waals surface area contributed by atoms with E-state index in [0.717, 1.165) is 11.4 Å². The van der Waals surface area contributed by atoms with Crippen LogP contribution < -0.4 is 15.4 Å². The van der Waals surface area contributed by atoms with E-state index in [0.29, 0.717) is 22.8 Å². The third-order valence-electron chi connectivity index (χ3n) is 3.86. The van der Waals surface area contributed by atoms with E-state index in [9.17, 15) is 9.59 Å². The number of aromatic nitrogens is 2. The third-order valence-corrected chi connectivity index (χ3v) is 3.86. The van der Waals surface area contributed by atoms with E-state index in [1.54, 1.807) is 42.1 Å². The SMILES string of the molecule is COc1cccc(-n2nc(C(=O)Nc3cccc(NC(C)=O)c3)cc2C)c1. The standard InChI is InChI=1S/C20H20N4O3/c1-13-10-19(23-24(13)17-8-5-9-18(12-17)27-3)20(26)22-16-7-4-6-15(11-16)21-14(2)25/h4-12H,1-3H3,(H,21,25)(H,22,26). The Morgan fingerprint density at radius 3 is 2.41 bits per heavy atom. The largest absolute Gasteiger partial charge is 0.497 e. The van der Waals surface area contributed by atoms with E-state index in [1.165, 1.54) is 6.92 Å². The lowest BCUT2D eigenvalue weighted by Gasteiger charge is -2.07. The minimum absolute atomic E-state index is 0.175. The second-order valence-electron chi connectivity index (χ2n) is 6.00. The molecule has 2 N–H and O–H groups in total. The molecule has 0 atom stereocenters. The number of nitrogens with one attached hydrogen (secondary N) is 2. The highest BCUT2D eigenvalue weighted by atomic mass is 16.5. The van der Waals surface area contributed by atoms with Crippen LogP contribution in [-0.2, 0) is 4.79 Å². The van der Waals surface area contributed by atoms with Crippen LogP contribution in [0.2, 0.25) is 0 Å². The van der Waals surface area contributed by atoms with Gasteiger partial charge in [-0.05, 0) is 43.3 Å². The van der Waals surface area contributed by atoms with E-state index in [-0.39, 0.29) is 11.8 Å². The van der Waals surface area contributed by atoms with Crippen LogP contribution in [0.4, 0.5) is 11.4 Å². The Kier molecular flexibility index (Phi) is 5.21. The Morgan fingerprint density at radius 1 is 1.00 bits per heavy atom. The second-order valence-corrected chi connectivity index (χ2v) is 6.00. The summed E-state index contributed by atoms with van der Waals surface area (Å²) in [5, 5.41) is 9.88. The van der Waals surface area contributed by atoms with Crippen LogP contribution in [-0.4, -0.2) is 28.7 Å². The fourth-order valence-electron chi connectivity index (χ4n) is 2.66. The summed E-state index contributed by atoms with van der Waals surface area (Å²) in [6.07, 6.45) is 0. The number of ether oxygens (including phenoxy) is 1. The smallest absolute Gasteiger partial charge is 0.276 e. The van der Waals surface area contributed by atoms with Gasteiger partial charge >= 0.3 is 0 Å². The van der Waals surface area contributed by atoms with E-state index in [2.05, 4.69) is 15.7 Å². The van der Waals surface area contributed by atoms with Gasteiger partial charge in [0.15, 0.2) is 5.69 Å². The van der Waals surface area contributed by atoms with E-state index in [4.69, 9.17) is 4.74 Å². The maximum absolute atomic E-state index is 12.6. The molecule has 0 unspecified atom stereocenters. The minimum atomic E-state index is -0.334. The van der Waals surface area contributed by atoms with Gasteiger partial charge in [0, 0.05) is 30.1 Å². The van der Waals surface area contributed by atoms with Crippen molar-refractivity contribution in [3.05, 3.63) is 66.0 Å². The van der Waals surface area contributed by atoms with Gasteiger partial charge < -0.3 is 15.4 Å². The van der Waals surface area contributed by atoms with E-state index >= 15 is 0 Å². The minimum Gasteiger partial charge on any atom is -0.497 e. The molecule has 0 saturated heterocycles. The summed E-state index contributed by atoms with van der Waals surface area (Å²) < 4.78 is 6.92. The highest BCUT2D eigenvalue weighted by Gasteiger charge is 2.14.